The van der Waals surface area contributed by atoms with Gasteiger partial charge in [0.2, 0.25) is 0 Å². The Kier molecular flexibility index (Phi) is 3.28. The molecule has 0 atom stereocenters. The molecule has 0 N–H and O–H groups in total. The van der Waals surface area contributed by atoms with Gasteiger partial charge in [0, 0.05) is 0 Å². The van der Waals surface area contributed by atoms with Gasteiger partial charge in [-0.05, 0) is 23.3 Å². The fourth-order valence-electron chi connectivity index (χ4n) is 3.89. The fraction of sp³-hybridized carbons (Fsp3) is 0.0435. The highest BCUT2D eigenvalue weighted by Crippen LogP contribution is 2.49. The zero-order valence-electron chi connectivity index (χ0n) is 14.2. The van der Waals surface area contributed by atoms with Gasteiger partial charge >= 0.3 is 11.6 Å². The lowest BCUT2D eigenvalue weighted by Gasteiger charge is -2.26. The van der Waals surface area contributed by atoms with Gasteiger partial charge in [-0.15, -0.1) is 0 Å². The predicted molar refractivity (Wildman–Crippen MR) is 101 cm³/mol. The van der Waals surface area contributed by atoms with Crippen LogP contribution in [0.4, 0.5) is 0 Å². The Labute approximate surface area is 154 Å². The van der Waals surface area contributed by atoms with Crippen molar-refractivity contribution in [2.75, 3.05) is 0 Å². The van der Waals surface area contributed by atoms with Gasteiger partial charge in [-0.2, -0.15) is 0 Å². The Balaban J connectivity index is 1.97. The molecule has 0 amide bonds. The molecule has 4 aromatic rings. The van der Waals surface area contributed by atoms with Crippen LogP contribution in [0.25, 0.3) is 11.0 Å². The second-order valence-electron chi connectivity index (χ2n) is 6.46. The average Bonchev–Trinajstić information content (AvgIpc) is 3.04. The van der Waals surface area contributed by atoms with E-state index in [9.17, 15) is 9.59 Å². The summed E-state index contributed by atoms with van der Waals surface area (Å²) in [5.41, 5.74) is 0.0320. The number of hydrogen-bond donors (Lipinski definition) is 0. The molecule has 0 aliphatic carbocycles. The van der Waals surface area contributed by atoms with E-state index in [1.165, 1.54) is 0 Å². The van der Waals surface area contributed by atoms with E-state index in [1.54, 1.807) is 18.2 Å². The molecule has 3 aromatic carbocycles. The monoisotopic (exact) mass is 354 g/mol. The first-order valence-electron chi connectivity index (χ1n) is 8.62. The summed E-state index contributed by atoms with van der Waals surface area (Å²) in [4.78, 5) is 26.4. The third-order valence-electron chi connectivity index (χ3n) is 5.06. The molecule has 0 saturated heterocycles. The van der Waals surface area contributed by atoms with Crippen LogP contribution in [0, 0.1) is 0 Å². The third kappa shape index (κ3) is 2.04. The Morgan fingerprint density at radius 3 is 1.85 bits per heavy atom. The van der Waals surface area contributed by atoms with Crippen LogP contribution >= 0.6 is 0 Å². The Hall–Kier alpha value is -3.66. The first-order valence-corrected chi connectivity index (χ1v) is 8.62. The largest absolute Gasteiger partial charge is 0.424 e. The number of carbonyl (C=O) groups excluding carboxylic acids is 1. The number of benzene rings is 3. The summed E-state index contributed by atoms with van der Waals surface area (Å²) < 4.78 is 11.3. The SMILES string of the molecule is O=C1Oc2c(c(=O)oc3ccccc23)C1(c1ccccc1)c1ccccc1. The van der Waals surface area contributed by atoms with E-state index < -0.39 is 17.0 Å². The van der Waals surface area contributed by atoms with Crippen LogP contribution in [0.1, 0.15) is 16.7 Å². The van der Waals surface area contributed by atoms with E-state index in [0.29, 0.717) is 22.1 Å². The number of carbonyl (C=O) groups is 1. The number of fused-ring (bicyclic) bond motifs is 3. The van der Waals surface area contributed by atoms with Gasteiger partial charge in [-0.3, -0.25) is 0 Å². The van der Waals surface area contributed by atoms with Crippen LogP contribution in [-0.2, 0) is 10.2 Å². The second kappa shape index (κ2) is 5.68. The van der Waals surface area contributed by atoms with Crippen molar-refractivity contribution in [3.63, 3.8) is 0 Å². The van der Waals surface area contributed by atoms with Crippen molar-refractivity contribution in [3.05, 3.63) is 112 Å². The van der Waals surface area contributed by atoms with E-state index in [2.05, 4.69) is 0 Å². The first-order chi connectivity index (χ1) is 13.2. The normalized spacial score (nSPS) is 14.7. The van der Waals surface area contributed by atoms with Gasteiger partial charge in [0.15, 0.2) is 11.2 Å². The maximum absolute atomic E-state index is 13.3. The van der Waals surface area contributed by atoms with E-state index in [1.807, 2.05) is 66.7 Å². The minimum atomic E-state index is -1.36. The summed E-state index contributed by atoms with van der Waals surface area (Å²) in [5, 5.41) is 0.606. The first kappa shape index (κ1) is 15.6. The lowest BCUT2D eigenvalue weighted by atomic mass is 9.70. The molecule has 27 heavy (non-hydrogen) atoms. The van der Waals surface area contributed by atoms with E-state index >= 15 is 0 Å². The molecule has 0 bridgehead atoms. The number of hydrogen-bond acceptors (Lipinski definition) is 4. The molecule has 1 aliphatic heterocycles. The summed E-state index contributed by atoms with van der Waals surface area (Å²) in [7, 11) is 0. The predicted octanol–water partition coefficient (Wildman–Crippen LogP) is 4.05. The van der Waals surface area contributed by atoms with E-state index in [0.717, 1.165) is 0 Å². The summed E-state index contributed by atoms with van der Waals surface area (Å²) in [6.07, 6.45) is 0. The van der Waals surface area contributed by atoms with Gasteiger partial charge in [-0.25, -0.2) is 9.59 Å². The van der Waals surface area contributed by atoms with Crippen LogP contribution in [0.3, 0.4) is 0 Å². The highest BCUT2D eigenvalue weighted by molar-refractivity contribution is 6.02. The van der Waals surface area contributed by atoms with Crippen LogP contribution in [-0.4, -0.2) is 5.97 Å². The third-order valence-corrected chi connectivity index (χ3v) is 5.06. The molecular weight excluding hydrogens is 340 g/mol. The van der Waals surface area contributed by atoms with Crippen molar-refractivity contribution in [1.29, 1.82) is 0 Å². The molecule has 5 rings (SSSR count). The summed E-state index contributed by atoms with van der Waals surface area (Å²) in [6, 6.07) is 25.5. The van der Waals surface area contributed by atoms with Gasteiger partial charge in [0.25, 0.3) is 0 Å². The smallest absolute Gasteiger partial charge is 0.345 e. The Morgan fingerprint density at radius 1 is 0.667 bits per heavy atom. The standard InChI is InChI=1S/C23H14O4/c24-21-19-20(17-13-7-8-14-18(17)26-21)27-22(25)23(19,15-9-3-1-4-10-15)16-11-5-2-6-12-16/h1-14H. The van der Waals surface area contributed by atoms with Crippen LogP contribution in [0.15, 0.2) is 94.1 Å². The van der Waals surface area contributed by atoms with Crippen LogP contribution in [0.5, 0.6) is 5.75 Å². The van der Waals surface area contributed by atoms with Crippen molar-refractivity contribution < 1.29 is 13.9 Å². The quantitative estimate of drug-likeness (QED) is 0.403. The molecule has 0 spiro atoms. The highest BCUT2D eigenvalue weighted by Gasteiger charge is 2.55. The van der Waals surface area contributed by atoms with Crippen molar-refractivity contribution in [3.8, 4) is 5.75 Å². The van der Waals surface area contributed by atoms with Crippen LogP contribution in [0.2, 0.25) is 0 Å². The molecular formula is C23H14O4. The Morgan fingerprint density at radius 2 is 1.22 bits per heavy atom. The number of esters is 1. The molecule has 0 saturated carbocycles. The number of para-hydroxylation sites is 1. The van der Waals surface area contributed by atoms with Gasteiger partial charge < -0.3 is 9.15 Å². The minimum Gasteiger partial charge on any atom is -0.424 e. The minimum absolute atomic E-state index is 0.226. The molecule has 1 aliphatic rings. The van der Waals surface area contributed by atoms with Gasteiger partial charge in [-0.1, -0.05) is 72.8 Å². The number of rotatable bonds is 2. The van der Waals surface area contributed by atoms with E-state index in [-0.39, 0.29) is 11.3 Å². The van der Waals surface area contributed by atoms with Crippen molar-refractivity contribution in [2.24, 2.45) is 0 Å². The Bertz CT molecular complexity index is 1180. The highest BCUT2D eigenvalue weighted by atomic mass is 16.5. The molecule has 0 unspecified atom stereocenters. The lowest BCUT2D eigenvalue weighted by Crippen LogP contribution is -2.39. The number of ether oxygens (including phenoxy) is 1. The molecule has 0 fully saturated rings. The molecule has 0 radical (unpaired) electrons. The second-order valence-corrected chi connectivity index (χ2v) is 6.46. The van der Waals surface area contributed by atoms with Gasteiger partial charge in [0.05, 0.1) is 5.39 Å². The molecule has 1 aromatic heterocycles. The molecule has 2 heterocycles. The molecule has 4 heteroatoms. The van der Waals surface area contributed by atoms with Crippen molar-refractivity contribution in [1.82, 2.24) is 0 Å². The lowest BCUT2D eigenvalue weighted by molar-refractivity contribution is -0.135. The zero-order chi connectivity index (χ0) is 18.4. The summed E-state index contributed by atoms with van der Waals surface area (Å²) in [6.45, 7) is 0. The maximum atomic E-state index is 13.3. The topological polar surface area (TPSA) is 56.5 Å². The van der Waals surface area contributed by atoms with Crippen molar-refractivity contribution in [2.45, 2.75) is 5.41 Å². The average molecular weight is 354 g/mol. The van der Waals surface area contributed by atoms with Crippen LogP contribution < -0.4 is 10.4 Å². The van der Waals surface area contributed by atoms with Gasteiger partial charge in [0.1, 0.15) is 11.1 Å². The molecule has 130 valence electrons. The zero-order valence-corrected chi connectivity index (χ0v) is 14.2. The maximum Gasteiger partial charge on any atom is 0.345 e. The fourth-order valence-corrected chi connectivity index (χ4v) is 3.89. The van der Waals surface area contributed by atoms with Crippen molar-refractivity contribution >= 4 is 16.9 Å². The summed E-state index contributed by atoms with van der Waals surface area (Å²) >= 11 is 0. The summed E-state index contributed by atoms with van der Waals surface area (Å²) in [5.74, 6) is -0.224. The van der Waals surface area contributed by atoms with E-state index in [4.69, 9.17) is 9.15 Å². The molecule has 4 nitrogen and oxygen atoms in total.